The lowest BCUT2D eigenvalue weighted by molar-refractivity contribution is -0.124. The number of nitrogens with zero attached hydrogens (tertiary/aromatic N) is 4. The first-order chi connectivity index (χ1) is 32.2. The number of aromatic nitrogens is 2. The number of pyridine rings is 1. The van der Waals surface area contributed by atoms with Gasteiger partial charge in [0.15, 0.2) is 23.0 Å². The molecule has 0 aliphatic carbocycles. The number of carbonyl (C=O) groups is 1. The average molecular weight is 920 g/mol. The second kappa shape index (κ2) is 22.1. The van der Waals surface area contributed by atoms with Gasteiger partial charge in [0.25, 0.3) is 5.88 Å². The molecule has 2 aliphatic heterocycles. The molecule has 2 aromatic heterocycles. The van der Waals surface area contributed by atoms with Crippen molar-refractivity contribution in [1.29, 1.82) is 0 Å². The summed E-state index contributed by atoms with van der Waals surface area (Å²) in [5.74, 6) is 3.34. The number of halogens is 2. The van der Waals surface area contributed by atoms with Gasteiger partial charge in [-0.05, 0) is 122 Å². The van der Waals surface area contributed by atoms with Crippen LogP contribution in [0, 0.1) is 5.82 Å². The molecule has 2 fully saturated rings. The molecule has 2 aliphatic rings. The number of aryl methyl sites for hydroxylation is 1. The largest absolute Gasteiger partial charge is 0.493 e. The number of rotatable bonds is 21. The predicted molar refractivity (Wildman–Crippen MR) is 258 cm³/mol. The van der Waals surface area contributed by atoms with Gasteiger partial charge in [0.05, 0.1) is 26.9 Å². The Hall–Kier alpha value is -5.86. The number of anilines is 1. The lowest BCUT2D eigenvalue weighted by Crippen LogP contribution is -2.53. The van der Waals surface area contributed by atoms with Crippen LogP contribution in [0.15, 0.2) is 103 Å². The Morgan fingerprint density at radius 1 is 0.803 bits per heavy atom. The molecular weight excluding hydrogens is 859 g/mol. The zero-order chi connectivity index (χ0) is 45.9. The second-order valence-corrected chi connectivity index (χ2v) is 17.4. The van der Waals surface area contributed by atoms with Crippen LogP contribution >= 0.6 is 11.6 Å². The maximum absolute atomic E-state index is 14.7. The Morgan fingerprint density at radius 3 is 2.30 bits per heavy atom. The van der Waals surface area contributed by atoms with Gasteiger partial charge in [0.2, 0.25) is 0 Å². The summed E-state index contributed by atoms with van der Waals surface area (Å²) < 4.78 is 45.6. The van der Waals surface area contributed by atoms with E-state index < -0.39 is 5.54 Å². The van der Waals surface area contributed by atoms with Crippen LogP contribution in [0.25, 0.3) is 22.0 Å². The van der Waals surface area contributed by atoms with Crippen molar-refractivity contribution in [2.24, 2.45) is 0 Å². The van der Waals surface area contributed by atoms with Gasteiger partial charge in [-0.2, -0.15) is 4.98 Å². The minimum atomic E-state index is -0.774. The topological polar surface area (TPSA) is 112 Å². The summed E-state index contributed by atoms with van der Waals surface area (Å²) in [4.78, 5) is 24.1. The van der Waals surface area contributed by atoms with E-state index in [2.05, 4.69) is 49.4 Å². The molecule has 0 bridgehead atoms. The zero-order valence-electron chi connectivity index (χ0n) is 38.1. The van der Waals surface area contributed by atoms with Crippen molar-refractivity contribution >= 4 is 34.1 Å². The lowest BCUT2D eigenvalue weighted by atomic mass is 9.82. The molecule has 0 amide bonds. The quantitative estimate of drug-likeness (QED) is 0.0675. The molecule has 0 spiro atoms. The van der Waals surface area contributed by atoms with Crippen molar-refractivity contribution in [1.82, 2.24) is 24.7 Å². The number of hydrogen-bond acceptors (Lipinski definition) is 11. The summed E-state index contributed by atoms with van der Waals surface area (Å²) in [6, 6.07) is 30.1. The van der Waals surface area contributed by atoms with Crippen molar-refractivity contribution in [3.63, 3.8) is 0 Å². The number of piperidine rings is 1. The van der Waals surface area contributed by atoms with Gasteiger partial charge in [-0.3, -0.25) is 14.6 Å². The molecular formula is C52H60ClFN6O6. The SMILES string of the molecule is COc1ccc(COc2nc(NC3(C(=O)CCCCn4cc(-c5cccc(F)c5)c5c(CN6CCN(CCOc7ccc(Cl)cc7)CC6)cccc54)CCNCC3)ccc2OC)cc1OC. The van der Waals surface area contributed by atoms with Crippen LogP contribution in [0.3, 0.4) is 0 Å². The van der Waals surface area contributed by atoms with Gasteiger partial charge in [-0.1, -0.05) is 41.9 Å². The van der Waals surface area contributed by atoms with Crippen LogP contribution in [0.2, 0.25) is 5.02 Å². The summed E-state index contributed by atoms with van der Waals surface area (Å²) in [6.45, 7) is 8.46. The number of ketones is 1. The van der Waals surface area contributed by atoms with Crippen molar-refractivity contribution in [3.8, 4) is 40.0 Å². The standard InChI is InChI=1S/C52H60ClFN6O6/c1-62-45-18-13-37(32-47(45)64-3)36-66-51-46(63-2)19-20-49(56-51)57-52(21-23-55-24-22-52)48(61)12-4-5-25-60-35-43(38-8-6-10-41(54)33-38)50-39(9-7-11-44(50)60)34-59-28-26-58(27-29-59)30-31-65-42-16-14-40(53)15-17-42/h6-11,13-20,32-33,35,55H,4-5,12,21-31,34,36H2,1-3H3,(H,56,57). The number of hydrogen-bond donors (Lipinski definition) is 2. The number of nitrogens with one attached hydrogen (secondary N) is 2. The first kappa shape index (κ1) is 46.7. The number of unbranched alkanes of at least 4 members (excludes halogenated alkanes) is 1. The van der Waals surface area contributed by atoms with Crippen LogP contribution in [0.1, 0.15) is 43.2 Å². The minimum Gasteiger partial charge on any atom is -0.493 e. The fourth-order valence-electron chi connectivity index (χ4n) is 9.11. The van der Waals surface area contributed by atoms with Crippen molar-refractivity contribution in [2.45, 2.75) is 57.3 Å². The molecule has 2 N–H and O–H groups in total. The molecule has 0 radical (unpaired) electrons. The van der Waals surface area contributed by atoms with Crippen LogP contribution in [0.4, 0.5) is 10.2 Å². The van der Waals surface area contributed by atoms with E-state index in [1.54, 1.807) is 33.5 Å². The van der Waals surface area contributed by atoms with Gasteiger partial charge < -0.3 is 38.9 Å². The third-order valence-corrected chi connectivity index (χ3v) is 13.0. The Labute approximate surface area is 391 Å². The maximum Gasteiger partial charge on any atom is 0.259 e. The number of benzene rings is 4. The first-order valence-corrected chi connectivity index (χ1v) is 23.2. The van der Waals surface area contributed by atoms with E-state index in [-0.39, 0.29) is 18.2 Å². The van der Waals surface area contributed by atoms with Gasteiger partial charge in [-0.25, -0.2) is 4.39 Å². The number of carbonyl (C=O) groups excluding carboxylic acids is 1. The highest BCUT2D eigenvalue weighted by Gasteiger charge is 2.39. The molecule has 6 aromatic rings. The van der Waals surface area contributed by atoms with E-state index in [4.69, 9.17) is 40.3 Å². The molecule has 348 valence electrons. The minimum absolute atomic E-state index is 0.170. The monoisotopic (exact) mass is 918 g/mol. The predicted octanol–water partition coefficient (Wildman–Crippen LogP) is 9.27. The number of piperazine rings is 1. The molecule has 12 nitrogen and oxygen atoms in total. The Kier molecular flexibility index (Phi) is 15.6. The Morgan fingerprint density at radius 2 is 1.55 bits per heavy atom. The van der Waals surface area contributed by atoms with Crippen molar-refractivity contribution < 1.29 is 32.9 Å². The van der Waals surface area contributed by atoms with Gasteiger partial charge in [0.1, 0.15) is 30.6 Å². The fraction of sp³-hybridized carbons (Fsp3) is 0.385. The molecule has 0 saturated carbocycles. The van der Waals surface area contributed by atoms with Crippen LogP contribution < -0.4 is 34.3 Å². The smallest absolute Gasteiger partial charge is 0.259 e. The summed E-state index contributed by atoms with van der Waals surface area (Å²) in [7, 11) is 4.77. The van der Waals surface area contributed by atoms with Crippen LogP contribution in [-0.4, -0.2) is 104 Å². The molecule has 2 saturated heterocycles. The molecule has 0 atom stereocenters. The van der Waals surface area contributed by atoms with Gasteiger partial charge in [-0.15, -0.1) is 0 Å². The second-order valence-electron chi connectivity index (χ2n) is 17.0. The Bertz CT molecular complexity index is 2560. The molecule has 66 heavy (non-hydrogen) atoms. The van der Waals surface area contributed by atoms with Gasteiger partial charge in [0, 0.05) is 79.9 Å². The highest BCUT2D eigenvalue weighted by molar-refractivity contribution is 6.30. The van der Waals surface area contributed by atoms with E-state index >= 15 is 0 Å². The molecule has 14 heteroatoms. The average Bonchev–Trinajstić information content (AvgIpc) is 3.73. The molecule has 4 aromatic carbocycles. The zero-order valence-corrected chi connectivity index (χ0v) is 38.9. The molecule has 4 heterocycles. The number of methoxy groups -OCH3 is 3. The number of fused-ring (bicyclic) bond motifs is 1. The van der Waals surface area contributed by atoms with Crippen LogP contribution in [0.5, 0.6) is 28.9 Å². The lowest BCUT2D eigenvalue weighted by Gasteiger charge is -2.37. The molecule has 8 rings (SSSR count). The highest BCUT2D eigenvalue weighted by atomic mass is 35.5. The first-order valence-electron chi connectivity index (χ1n) is 22.8. The van der Waals surface area contributed by atoms with E-state index in [0.717, 1.165) is 92.0 Å². The van der Waals surface area contributed by atoms with Crippen molar-refractivity contribution in [2.75, 3.05) is 79.1 Å². The summed E-state index contributed by atoms with van der Waals surface area (Å²) in [5, 5.41) is 8.83. The van der Waals surface area contributed by atoms with E-state index in [9.17, 15) is 9.18 Å². The van der Waals surface area contributed by atoms with E-state index in [1.165, 1.54) is 11.6 Å². The third-order valence-electron chi connectivity index (χ3n) is 12.8. The van der Waals surface area contributed by atoms with E-state index in [0.29, 0.717) is 72.9 Å². The molecule has 0 unspecified atom stereocenters. The normalized spacial score (nSPS) is 15.3. The summed E-state index contributed by atoms with van der Waals surface area (Å²) in [5.41, 5.74) is 4.31. The fourth-order valence-corrected chi connectivity index (χ4v) is 9.24. The number of ether oxygens (including phenoxy) is 5. The van der Waals surface area contributed by atoms with Crippen LogP contribution in [-0.2, 0) is 24.5 Å². The summed E-state index contributed by atoms with van der Waals surface area (Å²) >= 11 is 6.03. The van der Waals surface area contributed by atoms with Crippen molar-refractivity contribution in [3.05, 3.63) is 125 Å². The Balaban J connectivity index is 0.911. The van der Waals surface area contributed by atoms with Gasteiger partial charge >= 0.3 is 0 Å². The van der Waals surface area contributed by atoms with E-state index in [1.807, 2.05) is 60.7 Å². The third kappa shape index (κ3) is 11.4. The summed E-state index contributed by atoms with van der Waals surface area (Å²) in [6.07, 6.45) is 5.38. The highest BCUT2D eigenvalue weighted by Crippen LogP contribution is 2.36. The maximum atomic E-state index is 14.7. The number of Topliss-reactive ketones (excluding diaryl/α,β-unsaturated/α-hetero) is 1.